The van der Waals surface area contributed by atoms with Gasteiger partial charge in [-0.2, -0.15) is 0 Å². The summed E-state index contributed by atoms with van der Waals surface area (Å²) in [6.07, 6.45) is 0. The normalized spacial score (nSPS) is 10.5. The molecule has 6 nitrogen and oxygen atoms in total. The molecule has 0 aliphatic rings. The van der Waals surface area contributed by atoms with Crippen molar-refractivity contribution < 1.29 is 18.3 Å². The maximum atomic E-state index is 12.9. The van der Waals surface area contributed by atoms with Crippen molar-refractivity contribution >= 4 is 23.4 Å². The van der Waals surface area contributed by atoms with Gasteiger partial charge >= 0.3 is 0 Å². The van der Waals surface area contributed by atoms with E-state index in [9.17, 15) is 9.18 Å². The van der Waals surface area contributed by atoms with E-state index in [2.05, 4.69) is 15.5 Å². The number of ether oxygens (including phenoxy) is 1. The molecular formula is C17H14FN3O3S. The molecule has 1 heterocycles. The van der Waals surface area contributed by atoms with E-state index in [-0.39, 0.29) is 28.6 Å². The first-order valence-corrected chi connectivity index (χ1v) is 8.29. The van der Waals surface area contributed by atoms with Crippen molar-refractivity contribution in [2.45, 2.75) is 5.22 Å². The van der Waals surface area contributed by atoms with E-state index in [1.165, 1.54) is 12.1 Å². The van der Waals surface area contributed by atoms with E-state index in [1.54, 1.807) is 43.5 Å². The number of amides is 1. The molecule has 128 valence electrons. The minimum Gasteiger partial charge on any atom is -0.497 e. The standard InChI is InChI=1S/C17H14FN3O3S/c1-23-14-8-6-13(7-9-14)19-15(22)10-25-17-21-20-16(24-17)11-2-4-12(18)5-3-11/h2-9H,10H2,1H3,(H,19,22). The van der Waals surface area contributed by atoms with Crippen molar-refractivity contribution in [2.24, 2.45) is 0 Å². The summed E-state index contributed by atoms with van der Waals surface area (Å²) in [5.41, 5.74) is 1.28. The van der Waals surface area contributed by atoms with Gasteiger partial charge in [0.25, 0.3) is 5.22 Å². The lowest BCUT2D eigenvalue weighted by molar-refractivity contribution is -0.113. The molecule has 0 aliphatic heterocycles. The summed E-state index contributed by atoms with van der Waals surface area (Å²) in [5, 5.41) is 10.8. The molecule has 1 N–H and O–H groups in total. The number of thioether (sulfide) groups is 1. The Morgan fingerprint density at radius 2 is 1.88 bits per heavy atom. The molecular weight excluding hydrogens is 345 g/mol. The highest BCUT2D eigenvalue weighted by molar-refractivity contribution is 7.99. The van der Waals surface area contributed by atoms with Crippen molar-refractivity contribution in [3.63, 3.8) is 0 Å². The largest absolute Gasteiger partial charge is 0.497 e. The molecule has 2 aromatic carbocycles. The predicted octanol–water partition coefficient (Wildman–Crippen LogP) is 3.62. The fourth-order valence-corrected chi connectivity index (χ4v) is 2.54. The van der Waals surface area contributed by atoms with Crippen LogP contribution < -0.4 is 10.1 Å². The molecule has 3 rings (SSSR count). The Morgan fingerprint density at radius 3 is 2.56 bits per heavy atom. The number of methoxy groups -OCH3 is 1. The lowest BCUT2D eigenvalue weighted by Crippen LogP contribution is -2.13. The molecule has 3 aromatic rings. The van der Waals surface area contributed by atoms with Crippen molar-refractivity contribution in [3.8, 4) is 17.2 Å². The molecule has 8 heteroatoms. The van der Waals surface area contributed by atoms with Gasteiger partial charge in [-0.25, -0.2) is 4.39 Å². The van der Waals surface area contributed by atoms with Crippen LogP contribution in [-0.2, 0) is 4.79 Å². The second-order valence-electron chi connectivity index (χ2n) is 4.95. The molecule has 0 saturated carbocycles. The molecule has 0 spiro atoms. The van der Waals surface area contributed by atoms with Gasteiger partial charge in [-0.15, -0.1) is 10.2 Å². The quantitative estimate of drug-likeness (QED) is 0.678. The van der Waals surface area contributed by atoms with Crippen LogP contribution in [0.15, 0.2) is 58.2 Å². The molecule has 1 aromatic heterocycles. The molecule has 25 heavy (non-hydrogen) atoms. The maximum absolute atomic E-state index is 12.9. The smallest absolute Gasteiger partial charge is 0.277 e. The first kappa shape index (κ1) is 17.0. The average Bonchev–Trinajstić information content (AvgIpc) is 3.10. The number of carbonyl (C=O) groups excluding carboxylic acids is 1. The molecule has 0 unspecified atom stereocenters. The lowest BCUT2D eigenvalue weighted by atomic mass is 10.2. The van der Waals surface area contributed by atoms with E-state index in [0.29, 0.717) is 17.0 Å². The molecule has 0 bridgehead atoms. The van der Waals surface area contributed by atoms with Crippen LogP contribution in [0.2, 0.25) is 0 Å². The third-order valence-electron chi connectivity index (χ3n) is 3.20. The van der Waals surface area contributed by atoms with E-state index >= 15 is 0 Å². The lowest BCUT2D eigenvalue weighted by Gasteiger charge is -2.05. The van der Waals surface area contributed by atoms with Gasteiger partial charge in [-0.3, -0.25) is 4.79 Å². The number of hydrogen-bond donors (Lipinski definition) is 1. The molecule has 0 saturated heterocycles. The van der Waals surface area contributed by atoms with Crippen molar-refractivity contribution in [1.29, 1.82) is 0 Å². The van der Waals surface area contributed by atoms with Gasteiger partial charge in [0.05, 0.1) is 12.9 Å². The molecule has 0 fully saturated rings. The van der Waals surface area contributed by atoms with E-state index in [1.807, 2.05) is 0 Å². The van der Waals surface area contributed by atoms with E-state index in [0.717, 1.165) is 11.8 Å². The Morgan fingerprint density at radius 1 is 1.16 bits per heavy atom. The van der Waals surface area contributed by atoms with E-state index in [4.69, 9.17) is 9.15 Å². The molecule has 0 radical (unpaired) electrons. The summed E-state index contributed by atoms with van der Waals surface area (Å²) in [6, 6.07) is 12.7. The van der Waals surface area contributed by atoms with Gasteiger partial charge in [0.15, 0.2) is 0 Å². The zero-order chi connectivity index (χ0) is 17.6. The summed E-state index contributed by atoms with van der Waals surface area (Å²) in [6.45, 7) is 0. The summed E-state index contributed by atoms with van der Waals surface area (Å²) >= 11 is 1.12. The first-order valence-electron chi connectivity index (χ1n) is 7.30. The van der Waals surface area contributed by atoms with Crippen LogP contribution in [0.3, 0.4) is 0 Å². The number of hydrogen-bond acceptors (Lipinski definition) is 6. The summed E-state index contributed by atoms with van der Waals surface area (Å²) in [5.74, 6) is 0.575. The zero-order valence-electron chi connectivity index (χ0n) is 13.2. The molecule has 0 aliphatic carbocycles. The second kappa shape index (κ2) is 7.80. The van der Waals surface area contributed by atoms with Gasteiger partial charge < -0.3 is 14.5 Å². The number of nitrogens with zero attached hydrogens (tertiary/aromatic N) is 2. The van der Waals surface area contributed by atoms with Gasteiger partial charge in [-0.05, 0) is 48.5 Å². The zero-order valence-corrected chi connectivity index (χ0v) is 14.0. The Bertz CT molecular complexity index is 850. The summed E-state index contributed by atoms with van der Waals surface area (Å²) in [4.78, 5) is 12.0. The number of benzene rings is 2. The Hall–Kier alpha value is -2.87. The van der Waals surface area contributed by atoms with Gasteiger partial charge in [0.1, 0.15) is 11.6 Å². The fourth-order valence-electron chi connectivity index (χ4n) is 1.98. The summed E-state index contributed by atoms with van der Waals surface area (Å²) in [7, 11) is 1.58. The monoisotopic (exact) mass is 359 g/mol. The van der Waals surface area contributed by atoms with Crippen molar-refractivity contribution in [1.82, 2.24) is 10.2 Å². The number of anilines is 1. The van der Waals surface area contributed by atoms with Gasteiger partial charge in [0.2, 0.25) is 11.8 Å². The Balaban J connectivity index is 1.54. The minimum atomic E-state index is -0.340. The second-order valence-corrected chi connectivity index (χ2v) is 5.87. The Labute approximate surface area is 147 Å². The minimum absolute atomic E-state index is 0.122. The number of halogens is 1. The van der Waals surface area contributed by atoms with Crippen molar-refractivity contribution in [2.75, 3.05) is 18.2 Å². The van der Waals surface area contributed by atoms with Crippen LogP contribution in [0.1, 0.15) is 0 Å². The van der Waals surface area contributed by atoms with Crippen molar-refractivity contribution in [3.05, 3.63) is 54.3 Å². The SMILES string of the molecule is COc1ccc(NC(=O)CSc2nnc(-c3ccc(F)cc3)o2)cc1. The van der Waals surface area contributed by atoms with Crippen LogP contribution in [0.5, 0.6) is 5.75 Å². The predicted molar refractivity (Wildman–Crippen MR) is 92.0 cm³/mol. The van der Waals surface area contributed by atoms with Crippen LogP contribution in [0.25, 0.3) is 11.5 Å². The molecule has 0 atom stereocenters. The maximum Gasteiger partial charge on any atom is 0.277 e. The highest BCUT2D eigenvalue weighted by Gasteiger charge is 2.11. The highest BCUT2D eigenvalue weighted by Crippen LogP contribution is 2.23. The topological polar surface area (TPSA) is 77.2 Å². The van der Waals surface area contributed by atoms with Gasteiger partial charge in [-0.1, -0.05) is 11.8 Å². The van der Waals surface area contributed by atoms with Crippen LogP contribution in [0, 0.1) is 5.82 Å². The molecule has 1 amide bonds. The van der Waals surface area contributed by atoms with E-state index < -0.39 is 0 Å². The first-order chi connectivity index (χ1) is 12.1. The van der Waals surface area contributed by atoms with Crippen LogP contribution in [-0.4, -0.2) is 29.0 Å². The van der Waals surface area contributed by atoms with Gasteiger partial charge in [0, 0.05) is 11.3 Å². The number of aromatic nitrogens is 2. The number of nitrogens with one attached hydrogen (secondary N) is 1. The summed E-state index contributed by atoms with van der Waals surface area (Å²) < 4.78 is 23.4. The van der Waals surface area contributed by atoms with Crippen LogP contribution >= 0.6 is 11.8 Å². The third-order valence-corrected chi connectivity index (χ3v) is 4.02. The Kier molecular flexibility index (Phi) is 5.30. The number of carbonyl (C=O) groups is 1. The van der Waals surface area contributed by atoms with Crippen LogP contribution in [0.4, 0.5) is 10.1 Å². The number of rotatable bonds is 6. The average molecular weight is 359 g/mol. The highest BCUT2D eigenvalue weighted by atomic mass is 32.2. The fraction of sp³-hybridized carbons (Fsp3) is 0.118. The third kappa shape index (κ3) is 4.57.